The normalized spacial score (nSPS) is 12.3. The molecule has 2 aromatic heterocycles. The van der Waals surface area contributed by atoms with Crippen molar-refractivity contribution in [2.45, 2.75) is 24.8 Å². The van der Waals surface area contributed by atoms with Gasteiger partial charge in [-0.05, 0) is 59.7 Å². The molecule has 0 radical (unpaired) electrons. The Balaban J connectivity index is 1.74. The third-order valence-corrected chi connectivity index (χ3v) is 6.02. The topological polar surface area (TPSA) is 103 Å². The van der Waals surface area contributed by atoms with Crippen molar-refractivity contribution in [3.63, 3.8) is 0 Å². The molecule has 2 N–H and O–H groups in total. The number of hydrogen-bond donors (Lipinski definition) is 2. The van der Waals surface area contributed by atoms with Crippen LogP contribution in [0, 0.1) is 0 Å². The van der Waals surface area contributed by atoms with Gasteiger partial charge in [0.2, 0.25) is 0 Å². The first kappa shape index (κ1) is 23.0. The summed E-state index contributed by atoms with van der Waals surface area (Å²) in [5.41, 5.74) is 2.37. The number of aromatic nitrogens is 3. The van der Waals surface area contributed by atoms with Gasteiger partial charge in [0.25, 0.3) is 5.56 Å². The first-order chi connectivity index (χ1) is 15.9. The number of nitrogens with zero attached hydrogens (tertiary/aromatic N) is 2. The zero-order valence-electron chi connectivity index (χ0n) is 18.8. The molecule has 0 aliphatic rings. The Morgan fingerprint density at radius 3 is 2.55 bits per heavy atom. The van der Waals surface area contributed by atoms with Crippen molar-refractivity contribution >= 4 is 22.1 Å². The number of ether oxygens (including phenoxy) is 1. The van der Waals surface area contributed by atoms with Gasteiger partial charge in [-0.3, -0.25) is 4.79 Å². The fraction of sp³-hybridized carbons (Fsp3) is 0.240. The van der Waals surface area contributed by atoms with Gasteiger partial charge in [-0.25, -0.2) is 9.97 Å². The minimum atomic E-state index is -1.07. The van der Waals surface area contributed by atoms with E-state index in [9.17, 15) is 9.35 Å². The van der Waals surface area contributed by atoms with E-state index in [4.69, 9.17) is 9.72 Å². The highest BCUT2D eigenvalue weighted by atomic mass is 32.2. The molecule has 0 fully saturated rings. The average Bonchev–Trinajstić information content (AvgIpc) is 2.82. The lowest BCUT2D eigenvalue weighted by Gasteiger charge is -2.14. The van der Waals surface area contributed by atoms with Crippen molar-refractivity contribution in [3.8, 4) is 28.5 Å². The molecule has 0 spiro atoms. The van der Waals surface area contributed by atoms with Crippen LogP contribution >= 0.6 is 0 Å². The minimum Gasteiger partial charge on any atom is -0.612 e. The predicted octanol–water partition coefficient (Wildman–Crippen LogP) is 3.77. The monoisotopic (exact) mass is 462 g/mol. The second-order valence-corrected chi connectivity index (χ2v) is 9.29. The van der Waals surface area contributed by atoms with Gasteiger partial charge in [-0.1, -0.05) is 26.0 Å². The van der Waals surface area contributed by atoms with Crippen LogP contribution in [-0.4, -0.2) is 45.0 Å². The quantitative estimate of drug-likeness (QED) is 0.305. The number of hydrogen-bond acceptors (Lipinski definition) is 6. The van der Waals surface area contributed by atoms with Crippen molar-refractivity contribution in [2.24, 2.45) is 0 Å². The summed E-state index contributed by atoms with van der Waals surface area (Å²) < 4.78 is 17.8. The molecule has 1 unspecified atom stereocenters. The van der Waals surface area contributed by atoms with Crippen LogP contribution in [-0.2, 0) is 11.2 Å². The van der Waals surface area contributed by atoms with Crippen LogP contribution in [0.3, 0.4) is 0 Å². The highest BCUT2D eigenvalue weighted by Crippen LogP contribution is 2.31. The van der Waals surface area contributed by atoms with Gasteiger partial charge >= 0.3 is 0 Å². The number of para-hydroxylation sites is 1. The molecule has 4 rings (SSSR count). The van der Waals surface area contributed by atoms with E-state index in [1.165, 1.54) is 0 Å². The smallest absolute Gasteiger partial charge is 0.259 e. The molecule has 33 heavy (non-hydrogen) atoms. The fourth-order valence-electron chi connectivity index (χ4n) is 3.42. The highest BCUT2D eigenvalue weighted by Gasteiger charge is 2.15. The molecule has 170 valence electrons. The molecule has 0 bridgehead atoms. The summed E-state index contributed by atoms with van der Waals surface area (Å²) in [5, 5.41) is 3.86. The summed E-state index contributed by atoms with van der Waals surface area (Å²) in [6.07, 6.45) is 1.64. The van der Waals surface area contributed by atoms with Crippen LogP contribution in [0.25, 0.3) is 33.7 Å². The number of nitrogens with one attached hydrogen (secondary N) is 2. The van der Waals surface area contributed by atoms with Gasteiger partial charge < -0.3 is 19.6 Å². The number of benzene rings is 2. The Bertz CT molecular complexity index is 1300. The maximum atomic E-state index is 12.5. The molecule has 2 aromatic carbocycles. The van der Waals surface area contributed by atoms with Gasteiger partial charge in [0, 0.05) is 18.2 Å². The van der Waals surface area contributed by atoms with Gasteiger partial charge in [0.15, 0.2) is 10.7 Å². The van der Waals surface area contributed by atoms with E-state index in [0.29, 0.717) is 53.1 Å². The van der Waals surface area contributed by atoms with E-state index in [1.807, 2.05) is 42.5 Å². The van der Waals surface area contributed by atoms with Crippen molar-refractivity contribution in [1.29, 1.82) is 0 Å². The molecular weight excluding hydrogens is 436 g/mol. The van der Waals surface area contributed by atoms with Gasteiger partial charge in [0.05, 0.1) is 10.9 Å². The molecule has 0 aliphatic heterocycles. The Kier molecular flexibility index (Phi) is 7.08. The molecular formula is C25H26N4O3S. The minimum absolute atomic E-state index is 0.214. The Morgan fingerprint density at radius 2 is 1.82 bits per heavy atom. The van der Waals surface area contributed by atoms with E-state index in [2.05, 4.69) is 29.1 Å². The van der Waals surface area contributed by atoms with Crippen LogP contribution in [0.4, 0.5) is 0 Å². The molecule has 2 heterocycles. The number of pyridine rings is 1. The molecule has 8 heteroatoms. The highest BCUT2D eigenvalue weighted by molar-refractivity contribution is 7.90. The summed E-state index contributed by atoms with van der Waals surface area (Å²) in [4.78, 5) is 25.5. The van der Waals surface area contributed by atoms with E-state index in [0.717, 1.165) is 10.5 Å². The largest absolute Gasteiger partial charge is 0.612 e. The lowest BCUT2D eigenvalue weighted by Crippen LogP contribution is -2.27. The molecule has 1 atom stereocenters. The molecule has 0 saturated heterocycles. The number of rotatable bonds is 8. The second-order valence-electron chi connectivity index (χ2n) is 7.91. The summed E-state index contributed by atoms with van der Waals surface area (Å²) >= 11 is -1.07. The van der Waals surface area contributed by atoms with Crippen molar-refractivity contribution < 1.29 is 9.29 Å². The maximum Gasteiger partial charge on any atom is 0.259 e. The van der Waals surface area contributed by atoms with Crippen LogP contribution in [0.15, 0.2) is 70.4 Å². The van der Waals surface area contributed by atoms with Crippen molar-refractivity contribution in [1.82, 2.24) is 20.3 Å². The molecule has 4 aromatic rings. The molecule has 7 nitrogen and oxygen atoms in total. The van der Waals surface area contributed by atoms with Gasteiger partial charge in [0.1, 0.15) is 30.0 Å². The predicted molar refractivity (Wildman–Crippen MR) is 132 cm³/mol. The Hall–Kier alpha value is -3.20. The first-order valence-corrected chi connectivity index (χ1v) is 12.3. The summed E-state index contributed by atoms with van der Waals surface area (Å²) in [6, 6.07) is 18.6. The van der Waals surface area contributed by atoms with Crippen LogP contribution in [0.5, 0.6) is 5.75 Å². The SMILES string of the molecule is CC(C)NCCOc1ccc(-c2nc3ccccc3c(=O)[nH]2)nc1-c1ccc([S+](C)[O-])cc1. The molecule has 0 aliphatic carbocycles. The Labute approximate surface area is 195 Å². The number of aromatic amines is 1. The first-order valence-electron chi connectivity index (χ1n) is 10.7. The Morgan fingerprint density at radius 1 is 1.06 bits per heavy atom. The average molecular weight is 463 g/mol. The lowest BCUT2D eigenvalue weighted by molar-refractivity contribution is 0.309. The van der Waals surface area contributed by atoms with E-state index < -0.39 is 11.2 Å². The van der Waals surface area contributed by atoms with Gasteiger partial charge in [-0.15, -0.1) is 0 Å². The summed E-state index contributed by atoms with van der Waals surface area (Å²) in [5.74, 6) is 1.01. The van der Waals surface area contributed by atoms with Crippen LogP contribution in [0.2, 0.25) is 0 Å². The fourth-order valence-corrected chi connectivity index (χ4v) is 3.94. The van der Waals surface area contributed by atoms with E-state index in [1.54, 1.807) is 24.5 Å². The third-order valence-electron chi connectivity index (χ3n) is 5.09. The van der Waals surface area contributed by atoms with Crippen LogP contribution < -0.4 is 15.6 Å². The third kappa shape index (κ3) is 5.42. The van der Waals surface area contributed by atoms with E-state index in [-0.39, 0.29) is 5.56 Å². The standard InChI is InChI=1S/C25H26N4O3S/c1-16(2)26-14-15-32-22-13-12-21(24-28-20-7-5-4-6-19(20)25(30)29-24)27-23(22)17-8-10-18(11-9-17)33(3)31/h4-13,16,26H,14-15H2,1-3H3,(H,28,29,30). The zero-order chi connectivity index (χ0) is 23.4. The summed E-state index contributed by atoms with van der Waals surface area (Å²) in [7, 11) is 0. The maximum absolute atomic E-state index is 12.5. The molecule has 0 amide bonds. The molecule has 0 saturated carbocycles. The van der Waals surface area contributed by atoms with Crippen molar-refractivity contribution in [2.75, 3.05) is 19.4 Å². The lowest BCUT2D eigenvalue weighted by atomic mass is 10.1. The number of H-pyrrole nitrogens is 1. The van der Waals surface area contributed by atoms with Crippen molar-refractivity contribution in [3.05, 3.63) is 71.0 Å². The number of fused-ring (bicyclic) bond motifs is 1. The van der Waals surface area contributed by atoms with E-state index >= 15 is 0 Å². The van der Waals surface area contributed by atoms with Gasteiger partial charge in [-0.2, -0.15) is 0 Å². The van der Waals surface area contributed by atoms with Crippen LogP contribution in [0.1, 0.15) is 13.8 Å². The zero-order valence-corrected chi connectivity index (χ0v) is 19.6. The summed E-state index contributed by atoms with van der Waals surface area (Å²) in [6.45, 7) is 5.34. The second kappa shape index (κ2) is 10.2.